The quantitative estimate of drug-likeness (QED) is 0.301. The molecule has 0 aromatic carbocycles. The molecule has 22 atom stereocenters. The summed E-state index contributed by atoms with van der Waals surface area (Å²) in [7, 11) is 0. The fourth-order valence-electron chi connectivity index (χ4n) is 16.3. The van der Waals surface area contributed by atoms with Gasteiger partial charge in [0.25, 0.3) is 0 Å². The molecular weight excluding hydrogens is 488 g/mol. The van der Waals surface area contributed by atoms with E-state index in [0.29, 0.717) is 12.2 Å². The molecule has 2 nitrogen and oxygen atoms in total. The molecule has 222 valence electrons. The Hall–Kier alpha value is -0.0800. The molecule has 10 aliphatic rings. The summed E-state index contributed by atoms with van der Waals surface area (Å²) >= 11 is 0. The SMILES string of the molecule is CC1CC2CC1C(C1C3CC(CC3CC3CO3)C1C1C3CC(CC4CO4)C(C3)C1C1C(C)C3CC(C)C1C3)C2C. The summed E-state index contributed by atoms with van der Waals surface area (Å²) in [5.74, 6) is 20.9. The molecule has 2 heterocycles. The fourth-order valence-corrected chi connectivity index (χ4v) is 16.3. The molecule has 0 amide bonds. The highest BCUT2D eigenvalue weighted by molar-refractivity contribution is 5.17. The van der Waals surface area contributed by atoms with Crippen molar-refractivity contribution in [2.75, 3.05) is 13.2 Å². The van der Waals surface area contributed by atoms with Gasteiger partial charge >= 0.3 is 0 Å². The first-order valence-corrected chi connectivity index (χ1v) is 18.7. The van der Waals surface area contributed by atoms with Crippen molar-refractivity contribution >= 4 is 0 Å². The average molecular weight is 547 g/mol. The lowest BCUT2D eigenvalue weighted by Gasteiger charge is -2.53. The van der Waals surface area contributed by atoms with Crippen molar-refractivity contribution in [1.82, 2.24) is 0 Å². The average Bonchev–Trinajstić information content (AvgIpc) is 3.37. The lowest BCUT2D eigenvalue weighted by atomic mass is 9.51. The third kappa shape index (κ3) is 3.48. The van der Waals surface area contributed by atoms with E-state index in [4.69, 9.17) is 9.47 Å². The number of hydrogen-bond donors (Lipinski definition) is 0. The van der Waals surface area contributed by atoms with Gasteiger partial charge in [-0.1, -0.05) is 27.7 Å². The molecule has 0 radical (unpaired) electrons. The second kappa shape index (κ2) is 8.76. The zero-order chi connectivity index (χ0) is 26.6. The van der Waals surface area contributed by atoms with Crippen LogP contribution in [-0.4, -0.2) is 25.4 Å². The standard InChI is InChI=1S/C38H58O2/c1-17-5-21-11-29(17)33(19(21)3)37-31-13-25(7-23(31)9-27-15-39-27)35(37)36-26-8-24(10-28-16-40-28)32(14-26)38(36)34-20(4)22-6-18(2)30(34)12-22/h17-38H,5-16H2,1-4H3. The van der Waals surface area contributed by atoms with Gasteiger partial charge in [0.05, 0.1) is 25.4 Å². The van der Waals surface area contributed by atoms with Gasteiger partial charge in [-0.05, 0) is 183 Å². The smallest absolute Gasteiger partial charge is 0.0812 e. The molecule has 10 fully saturated rings. The maximum Gasteiger partial charge on any atom is 0.0812 e. The van der Waals surface area contributed by atoms with Crippen molar-refractivity contribution in [1.29, 1.82) is 0 Å². The maximum absolute atomic E-state index is 5.87. The molecule has 0 N–H and O–H groups in total. The van der Waals surface area contributed by atoms with Crippen molar-refractivity contribution in [2.45, 2.75) is 104 Å². The van der Waals surface area contributed by atoms with E-state index >= 15 is 0 Å². The molecule has 2 heteroatoms. The van der Waals surface area contributed by atoms with Crippen LogP contribution in [0.2, 0.25) is 0 Å². The van der Waals surface area contributed by atoms with Gasteiger partial charge in [0.1, 0.15) is 0 Å². The van der Waals surface area contributed by atoms with Gasteiger partial charge in [-0.25, -0.2) is 0 Å². The Balaban J connectivity index is 1.03. The van der Waals surface area contributed by atoms with Crippen LogP contribution in [0.3, 0.4) is 0 Å². The summed E-state index contributed by atoms with van der Waals surface area (Å²) < 4.78 is 11.7. The van der Waals surface area contributed by atoms with E-state index in [1.54, 1.807) is 51.4 Å². The summed E-state index contributed by atoms with van der Waals surface area (Å²) in [6.45, 7) is 12.9. The van der Waals surface area contributed by atoms with Crippen LogP contribution in [0.25, 0.3) is 0 Å². The van der Waals surface area contributed by atoms with Gasteiger partial charge in [0.15, 0.2) is 0 Å². The lowest BCUT2D eigenvalue weighted by Crippen LogP contribution is -2.49. The molecule has 0 aromatic heterocycles. The van der Waals surface area contributed by atoms with E-state index in [2.05, 4.69) is 27.7 Å². The van der Waals surface area contributed by atoms with Gasteiger partial charge in [-0.3, -0.25) is 0 Å². The molecule has 8 aliphatic carbocycles. The highest BCUT2D eigenvalue weighted by Gasteiger charge is 2.68. The minimum absolute atomic E-state index is 0.636. The first-order valence-electron chi connectivity index (χ1n) is 18.7. The molecule has 8 saturated carbocycles. The normalized spacial score (nSPS) is 67.5. The zero-order valence-corrected chi connectivity index (χ0v) is 26.0. The highest BCUT2D eigenvalue weighted by Crippen LogP contribution is 2.74. The van der Waals surface area contributed by atoms with Gasteiger partial charge in [0.2, 0.25) is 0 Å². The summed E-state index contributed by atoms with van der Waals surface area (Å²) in [5.41, 5.74) is 0. The zero-order valence-electron chi connectivity index (χ0n) is 26.0. The number of epoxide rings is 2. The Morgan fingerprint density at radius 2 is 0.825 bits per heavy atom. The van der Waals surface area contributed by atoms with Gasteiger partial charge in [-0.15, -0.1) is 0 Å². The maximum atomic E-state index is 5.87. The molecule has 2 saturated heterocycles. The molecule has 22 unspecified atom stereocenters. The van der Waals surface area contributed by atoms with E-state index in [1.807, 2.05) is 0 Å². The molecule has 10 rings (SSSR count). The Morgan fingerprint density at radius 3 is 1.20 bits per heavy atom. The Morgan fingerprint density at radius 1 is 0.425 bits per heavy atom. The van der Waals surface area contributed by atoms with E-state index in [0.717, 1.165) is 132 Å². The predicted octanol–water partition coefficient (Wildman–Crippen LogP) is 8.20. The van der Waals surface area contributed by atoms with Gasteiger partial charge < -0.3 is 9.47 Å². The minimum atomic E-state index is 0.636. The van der Waals surface area contributed by atoms with Crippen LogP contribution in [0.1, 0.15) is 91.9 Å². The van der Waals surface area contributed by atoms with Crippen LogP contribution in [0.15, 0.2) is 0 Å². The van der Waals surface area contributed by atoms with Crippen LogP contribution < -0.4 is 0 Å². The number of ether oxygens (including phenoxy) is 2. The molecular formula is C38H58O2. The second-order valence-corrected chi connectivity index (χ2v) is 18.6. The number of hydrogen-bond acceptors (Lipinski definition) is 2. The van der Waals surface area contributed by atoms with Crippen LogP contribution in [-0.2, 0) is 9.47 Å². The van der Waals surface area contributed by atoms with E-state index in [-0.39, 0.29) is 0 Å². The highest BCUT2D eigenvalue weighted by atomic mass is 16.6. The van der Waals surface area contributed by atoms with Gasteiger partial charge in [-0.2, -0.15) is 0 Å². The van der Waals surface area contributed by atoms with Crippen LogP contribution in [0, 0.1) is 118 Å². The van der Waals surface area contributed by atoms with Crippen molar-refractivity contribution in [3.8, 4) is 0 Å². The van der Waals surface area contributed by atoms with Crippen LogP contribution >= 0.6 is 0 Å². The van der Waals surface area contributed by atoms with Crippen molar-refractivity contribution in [3.05, 3.63) is 0 Å². The topological polar surface area (TPSA) is 25.1 Å². The Bertz CT molecular complexity index is 935. The van der Waals surface area contributed by atoms with E-state index in [1.165, 1.54) is 12.8 Å². The summed E-state index contributed by atoms with van der Waals surface area (Å²) in [4.78, 5) is 0. The third-order valence-corrected chi connectivity index (χ3v) is 17.5. The number of rotatable bonds is 7. The van der Waals surface area contributed by atoms with Crippen molar-refractivity contribution in [3.63, 3.8) is 0 Å². The molecule has 0 spiro atoms. The molecule has 0 aromatic rings. The number of fused-ring (bicyclic) bond motifs is 8. The predicted molar refractivity (Wildman–Crippen MR) is 158 cm³/mol. The molecule has 2 aliphatic heterocycles. The fraction of sp³-hybridized carbons (Fsp3) is 1.00. The van der Waals surface area contributed by atoms with Crippen molar-refractivity contribution < 1.29 is 9.47 Å². The third-order valence-electron chi connectivity index (χ3n) is 17.5. The monoisotopic (exact) mass is 546 g/mol. The van der Waals surface area contributed by atoms with E-state index < -0.39 is 0 Å². The molecule has 8 bridgehead atoms. The van der Waals surface area contributed by atoms with Crippen LogP contribution in [0.4, 0.5) is 0 Å². The second-order valence-electron chi connectivity index (χ2n) is 18.6. The first kappa shape index (κ1) is 25.3. The lowest BCUT2D eigenvalue weighted by molar-refractivity contribution is -0.0598. The molecule has 40 heavy (non-hydrogen) atoms. The summed E-state index contributed by atoms with van der Waals surface area (Å²) in [6, 6.07) is 0. The summed E-state index contributed by atoms with van der Waals surface area (Å²) in [5, 5.41) is 0. The minimum Gasteiger partial charge on any atom is -0.373 e. The Labute approximate surface area is 244 Å². The van der Waals surface area contributed by atoms with Crippen LogP contribution in [0.5, 0.6) is 0 Å². The van der Waals surface area contributed by atoms with Gasteiger partial charge in [0, 0.05) is 0 Å². The largest absolute Gasteiger partial charge is 0.373 e. The first-order chi connectivity index (χ1) is 19.4. The Kier molecular flexibility index (Phi) is 5.53. The van der Waals surface area contributed by atoms with Crippen molar-refractivity contribution in [2.24, 2.45) is 118 Å². The summed E-state index contributed by atoms with van der Waals surface area (Å²) in [6.07, 6.45) is 16.8. The van der Waals surface area contributed by atoms with E-state index in [9.17, 15) is 0 Å².